The molecule has 18 heavy (non-hydrogen) atoms. The van der Waals surface area contributed by atoms with Crippen LogP contribution in [0.25, 0.3) is 0 Å². The maximum Gasteiger partial charge on any atom is 0.397 e. The van der Waals surface area contributed by atoms with Crippen LogP contribution in [0.5, 0.6) is 0 Å². The molecule has 0 aliphatic heterocycles. The lowest BCUT2D eigenvalue weighted by atomic mass is 10.5. The van der Waals surface area contributed by atoms with E-state index in [-0.39, 0.29) is 6.61 Å². The monoisotopic (exact) mass is 285 g/mol. The zero-order valence-corrected chi connectivity index (χ0v) is 11.8. The summed E-state index contributed by atoms with van der Waals surface area (Å²) < 4.78 is 31.5. The fourth-order valence-electron chi connectivity index (χ4n) is 0.248. The molecule has 0 aromatic rings. The number of carbonyl (C=O) groups excluding carboxylic acids is 1. The van der Waals surface area contributed by atoms with Gasteiger partial charge in [0.25, 0.3) is 0 Å². The minimum Gasteiger partial charge on any atom is -0.366 e. The maximum absolute atomic E-state index is 9.80. The molecule has 110 valence electrons. The molecule has 0 fully saturated rings. The number of nitrogens with two attached hydrogens (primary N) is 2. The number of hydrogen-bond donors (Lipinski definition) is 3. The zero-order valence-electron chi connectivity index (χ0n) is 11.0. The van der Waals surface area contributed by atoms with Gasteiger partial charge in [-0.2, -0.15) is 8.42 Å². The van der Waals surface area contributed by atoms with Gasteiger partial charge in [-0.15, -0.1) is 0 Å². The van der Waals surface area contributed by atoms with E-state index in [1.165, 1.54) is 0 Å². The zero-order chi connectivity index (χ0) is 15.2. The average Bonchev–Trinajstić information content (AvgIpc) is 2.16. The van der Waals surface area contributed by atoms with Crippen molar-refractivity contribution in [2.24, 2.45) is 11.5 Å². The lowest BCUT2D eigenvalue weighted by Gasteiger charge is -1.95. The number of amides is 1. The Hall–Kier alpha value is -1.00. The van der Waals surface area contributed by atoms with Gasteiger partial charge in [-0.1, -0.05) is 6.58 Å². The highest BCUT2D eigenvalue weighted by Gasteiger charge is 2.01. The predicted octanol–water partition coefficient (Wildman–Crippen LogP) is -1.01. The molecule has 0 saturated heterocycles. The van der Waals surface area contributed by atoms with Crippen molar-refractivity contribution in [3.05, 3.63) is 12.7 Å². The lowest BCUT2D eigenvalue weighted by Crippen LogP contribution is -2.08. The molecule has 0 aliphatic carbocycles. The Balaban J connectivity index is -0.000000212. The van der Waals surface area contributed by atoms with E-state index in [2.05, 4.69) is 16.5 Å². The van der Waals surface area contributed by atoms with E-state index in [0.29, 0.717) is 13.0 Å². The fraction of sp³-hybridized carbons (Fsp3) is 0.667. The Bertz CT molecular complexity index is 301. The normalized spacial score (nSPS) is 9.67. The highest BCUT2D eigenvalue weighted by atomic mass is 32.3. The van der Waals surface area contributed by atoms with Crippen LogP contribution in [0.15, 0.2) is 12.7 Å². The number of carbonyl (C=O) groups is 1. The molecule has 1 amide bonds. The first-order valence-electron chi connectivity index (χ1n) is 4.91. The maximum atomic E-state index is 9.80. The van der Waals surface area contributed by atoms with Crippen molar-refractivity contribution in [3.63, 3.8) is 0 Å². The van der Waals surface area contributed by atoms with E-state index in [1.807, 2.05) is 26.0 Å². The highest BCUT2D eigenvalue weighted by molar-refractivity contribution is 7.80. The van der Waals surface area contributed by atoms with Crippen LogP contribution < -0.4 is 11.5 Å². The van der Waals surface area contributed by atoms with Crippen molar-refractivity contribution in [2.75, 3.05) is 34.3 Å². The molecule has 0 aliphatic rings. The van der Waals surface area contributed by atoms with Gasteiger partial charge >= 0.3 is 10.4 Å². The number of hydrogen-bond acceptors (Lipinski definition) is 6. The number of rotatable bonds is 5. The van der Waals surface area contributed by atoms with Gasteiger partial charge in [-0.3, -0.25) is 9.35 Å². The third kappa shape index (κ3) is 60.0. The summed E-state index contributed by atoms with van der Waals surface area (Å²) in [6.45, 7) is 3.37. The topological polar surface area (TPSA) is 136 Å². The standard InChI is InChI=1S/C3H9NO4S.C3H5NO.C3H9N/c4-2-1-3-8-9(5,6)7;1-2-3(4)5;1-4(2)3/h1-4H2,(H,5,6,7);2H,1H2,(H2,4,5);1-3H3. The molecule has 0 saturated carbocycles. The van der Waals surface area contributed by atoms with E-state index in [1.54, 1.807) is 0 Å². The van der Waals surface area contributed by atoms with Crippen LogP contribution in [0.4, 0.5) is 0 Å². The molecule has 0 aromatic heterocycles. The summed E-state index contributed by atoms with van der Waals surface area (Å²) in [5, 5.41) is 0. The van der Waals surface area contributed by atoms with E-state index < -0.39 is 16.3 Å². The van der Waals surface area contributed by atoms with Gasteiger partial charge in [0.2, 0.25) is 5.91 Å². The molecule has 9 heteroatoms. The quantitative estimate of drug-likeness (QED) is 0.334. The molecule has 0 heterocycles. The lowest BCUT2D eigenvalue weighted by molar-refractivity contribution is -0.113. The average molecular weight is 285 g/mol. The summed E-state index contributed by atoms with van der Waals surface area (Å²) in [6, 6.07) is 0. The largest absolute Gasteiger partial charge is 0.397 e. The first-order valence-corrected chi connectivity index (χ1v) is 6.28. The molecule has 0 spiro atoms. The summed E-state index contributed by atoms with van der Waals surface area (Å²) >= 11 is 0. The van der Waals surface area contributed by atoms with E-state index in [0.717, 1.165) is 6.08 Å². The van der Waals surface area contributed by atoms with Crippen LogP contribution in [0, 0.1) is 0 Å². The van der Waals surface area contributed by atoms with Crippen molar-refractivity contribution in [3.8, 4) is 0 Å². The van der Waals surface area contributed by atoms with E-state index in [9.17, 15) is 13.2 Å². The van der Waals surface area contributed by atoms with Crippen LogP contribution in [0.1, 0.15) is 6.42 Å². The SMILES string of the molecule is C=CC(N)=O.CN(C)C.NCCCOS(=O)(=O)O. The Morgan fingerprint density at radius 3 is 1.94 bits per heavy atom. The summed E-state index contributed by atoms with van der Waals surface area (Å²) in [5.74, 6) is -0.481. The predicted molar refractivity (Wildman–Crippen MR) is 70.2 cm³/mol. The van der Waals surface area contributed by atoms with Gasteiger partial charge in [-0.05, 0) is 40.2 Å². The molecule has 0 rings (SSSR count). The third-order valence-electron chi connectivity index (χ3n) is 0.782. The van der Waals surface area contributed by atoms with Gasteiger partial charge in [0.1, 0.15) is 0 Å². The Labute approximate surface area is 109 Å². The molecule has 0 atom stereocenters. The van der Waals surface area contributed by atoms with Gasteiger partial charge < -0.3 is 16.4 Å². The van der Waals surface area contributed by atoms with Gasteiger partial charge in [0.15, 0.2) is 0 Å². The van der Waals surface area contributed by atoms with Crippen molar-refractivity contribution in [1.29, 1.82) is 0 Å². The van der Waals surface area contributed by atoms with Crippen LogP contribution in [0.3, 0.4) is 0 Å². The van der Waals surface area contributed by atoms with Crippen molar-refractivity contribution >= 4 is 16.3 Å². The Kier molecular flexibility index (Phi) is 17.3. The molecular weight excluding hydrogens is 262 g/mol. The van der Waals surface area contributed by atoms with Gasteiger partial charge in [0, 0.05) is 0 Å². The summed E-state index contributed by atoms with van der Waals surface area (Å²) in [4.78, 5) is 11.5. The van der Waals surface area contributed by atoms with Gasteiger partial charge in [0.05, 0.1) is 6.61 Å². The molecule has 8 nitrogen and oxygen atoms in total. The first-order chi connectivity index (χ1) is 8.06. The fourth-order valence-corrected chi connectivity index (χ4v) is 0.576. The number of primary amides is 1. The summed E-state index contributed by atoms with van der Waals surface area (Å²) in [6.07, 6.45) is 1.47. The first kappa shape index (κ1) is 22.2. The molecule has 5 N–H and O–H groups in total. The Morgan fingerprint density at radius 1 is 1.44 bits per heavy atom. The van der Waals surface area contributed by atoms with E-state index >= 15 is 0 Å². The molecule has 0 bridgehead atoms. The summed E-state index contributed by atoms with van der Waals surface area (Å²) in [7, 11) is 1.75. The van der Waals surface area contributed by atoms with Crippen molar-refractivity contribution < 1.29 is 21.9 Å². The van der Waals surface area contributed by atoms with E-state index in [4.69, 9.17) is 10.3 Å². The van der Waals surface area contributed by atoms with Crippen LogP contribution in [-0.2, 0) is 19.4 Å². The molecular formula is C9H23N3O5S. The van der Waals surface area contributed by atoms with Crippen LogP contribution >= 0.6 is 0 Å². The number of nitrogens with zero attached hydrogens (tertiary/aromatic N) is 1. The van der Waals surface area contributed by atoms with Crippen molar-refractivity contribution in [1.82, 2.24) is 4.90 Å². The van der Waals surface area contributed by atoms with Gasteiger partial charge in [-0.25, -0.2) is 4.18 Å². The molecule has 0 unspecified atom stereocenters. The minimum atomic E-state index is -4.25. The minimum absolute atomic E-state index is 0.0602. The van der Waals surface area contributed by atoms with Crippen LogP contribution in [-0.4, -0.2) is 58.1 Å². The second-order valence-electron chi connectivity index (χ2n) is 3.34. The Morgan fingerprint density at radius 2 is 1.78 bits per heavy atom. The second-order valence-corrected chi connectivity index (χ2v) is 4.43. The second kappa shape index (κ2) is 14.1. The summed E-state index contributed by atoms with van der Waals surface area (Å²) in [5.41, 5.74) is 9.54. The van der Waals surface area contributed by atoms with Crippen LogP contribution in [0.2, 0.25) is 0 Å². The molecule has 0 aromatic carbocycles. The third-order valence-corrected chi connectivity index (χ3v) is 1.25. The smallest absolute Gasteiger partial charge is 0.366 e. The highest BCUT2D eigenvalue weighted by Crippen LogP contribution is 1.86. The molecule has 0 radical (unpaired) electrons. The van der Waals surface area contributed by atoms with Crippen molar-refractivity contribution in [2.45, 2.75) is 6.42 Å².